The summed E-state index contributed by atoms with van der Waals surface area (Å²) in [6.45, 7) is 0. The van der Waals surface area contributed by atoms with E-state index in [9.17, 15) is 0 Å². The zero-order chi connectivity index (χ0) is 30.2. The van der Waals surface area contributed by atoms with Crippen LogP contribution >= 0.6 is 0 Å². The molecule has 10 aromatic rings. The van der Waals surface area contributed by atoms with Gasteiger partial charge in [0.25, 0.3) is 0 Å². The molecule has 46 heavy (non-hydrogen) atoms. The van der Waals surface area contributed by atoms with Crippen molar-refractivity contribution in [2.24, 2.45) is 0 Å². The lowest BCUT2D eigenvalue weighted by Crippen LogP contribution is -1.92. The minimum absolute atomic E-state index is 0.912. The first-order valence-corrected chi connectivity index (χ1v) is 15.6. The highest BCUT2D eigenvalue weighted by Gasteiger charge is 2.14. The third-order valence-electron chi connectivity index (χ3n) is 9.40. The average molecular weight is 584 g/mol. The second-order valence-corrected chi connectivity index (χ2v) is 12.0. The minimum atomic E-state index is 0.912. The molecule has 0 aliphatic carbocycles. The Morgan fingerprint density at radius 1 is 0.304 bits per heavy atom. The monoisotopic (exact) mass is 583 g/mol. The van der Waals surface area contributed by atoms with Crippen molar-refractivity contribution in [1.82, 2.24) is 15.0 Å². The van der Waals surface area contributed by atoms with E-state index in [0.717, 1.165) is 66.5 Å². The number of benzene rings is 7. The summed E-state index contributed by atoms with van der Waals surface area (Å²) in [6.07, 6.45) is 0. The molecule has 7 aromatic carbocycles. The molecule has 3 nitrogen and oxygen atoms in total. The molecule has 0 radical (unpaired) electrons. The number of hydrogen-bond acceptors (Lipinski definition) is 3. The quantitative estimate of drug-likeness (QED) is 0.194. The van der Waals surface area contributed by atoms with Crippen molar-refractivity contribution in [1.29, 1.82) is 0 Å². The first kappa shape index (κ1) is 25.2. The summed E-state index contributed by atoms with van der Waals surface area (Å²) in [6, 6.07) is 53.7. The van der Waals surface area contributed by atoms with Crippen molar-refractivity contribution in [3.05, 3.63) is 152 Å². The van der Waals surface area contributed by atoms with Gasteiger partial charge in [-0.2, -0.15) is 0 Å². The van der Waals surface area contributed by atoms with E-state index in [-0.39, 0.29) is 0 Å². The van der Waals surface area contributed by atoms with Gasteiger partial charge in [-0.25, -0.2) is 15.0 Å². The van der Waals surface area contributed by atoms with Crippen LogP contribution in [0, 0.1) is 0 Å². The number of pyridine rings is 3. The second kappa shape index (κ2) is 9.65. The highest BCUT2D eigenvalue weighted by atomic mass is 14.8. The molecule has 0 spiro atoms. The Morgan fingerprint density at radius 2 is 0.804 bits per heavy atom. The van der Waals surface area contributed by atoms with Gasteiger partial charge in [0.15, 0.2) is 0 Å². The lowest BCUT2D eigenvalue weighted by molar-refractivity contribution is 1.36. The lowest BCUT2D eigenvalue weighted by atomic mass is 9.91. The summed E-state index contributed by atoms with van der Waals surface area (Å²) in [4.78, 5) is 15.4. The Hall–Kier alpha value is -6.19. The topological polar surface area (TPSA) is 38.7 Å². The van der Waals surface area contributed by atoms with Gasteiger partial charge in [-0.1, -0.05) is 127 Å². The molecule has 10 rings (SSSR count). The van der Waals surface area contributed by atoms with E-state index in [2.05, 4.69) is 140 Å². The predicted octanol–water partition coefficient (Wildman–Crippen LogP) is 11.2. The summed E-state index contributed by atoms with van der Waals surface area (Å²) in [5, 5.41) is 10.9. The molecule has 0 fully saturated rings. The molecule has 0 saturated carbocycles. The van der Waals surface area contributed by atoms with Crippen LogP contribution in [-0.4, -0.2) is 15.0 Å². The highest BCUT2D eigenvalue weighted by Crippen LogP contribution is 2.39. The van der Waals surface area contributed by atoms with E-state index < -0.39 is 0 Å². The zero-order valence-electron chi connectivity index (χ0n) is 24.8. The molecule has 0 amide bonds. The third kappa shape index (κ3) is 3.82. The van der Waals surface area contributed by atoms with Gasteiger partial charge in [0.05, 0.1) is 33.6 Å². The molecule has 0 atom stereocenters. The SMILES string of the molecule is c1ccc2nc(-c3ccc(-c4ccc5ccc6ccc(-c7ccc8ccc9cccc%10ccc7c8c9%10)nc6c5n4)cc3)ccc2c1. The summed E-state index contributed by atoms with van der Waals surface area (Å²) in [7, 11) is 0. The largest absolute Gasteiger partial charge is 0.248 e. The Kier molecular flexibility index (Phi) is 5.28. The second-order valence-electron chi connectivity index (χ2n) is 12.0. The molecular weight excluding hydrogens is 558 g/mol. The van der Waals surface area contributed by atoms with Crippen LogP contribution in [0.15, 0.2) is 152 Å². The molecule has 3 aromatic heterocycles. The normalized spacial score (nSPS) is 11.9. The fraction of sp³-hybridized carbons (Fsp3) is 0. The Labute approximate surface area is 264 Å². The van der Waals surface area contributed by atoms with Gasteiger partial charge >= 0.3 is 0 Å². The predicted molar refractivity (Wildman–Crippen MR) is 192 cm³/mol. The van der Waals surface area contributed by atoms with Gasteiger partial charge in [-0.05, 0) is 56.6 Å². The fourth-order valence-electron chi connectivity index (χ4n) is 7.08. The number of fused-ring (bicyclic) bond motifs is 4. The molecule has 3 heterocycles. The Bertz CT molecular complexity index is 2780. The molecule has 0 unspecified atom stereocenters. The van der Waals surface area contributed by atoms with Crippen LogP contribution < -0.4 is 0 Å². The Balaban J connectivity index is 1.09. The number of para-hydroxylation sites is 1. The van der Waals surface area contributed by atoms with Crippen molar-refractivity contribution in [3.8, 4) is 33.8 Å². The number of nitrogens with zero attached hydrogens (tertiary/aromatic N) is 3. The van der Waals surface area contributed by atoms with Gasteiger partial charge in [-0.3, -0.25) is 0 Å². The van der Waals surface area contributed by atoms with E-state index in [1.807, 2.05) is 12.1 Å². The molecule has 0 N–H and O–H groups in total. The fourth-order valence-corrected chi connectivity index (χ4v) is 7.08. The zero-order valence-corrected chi connectivity index (χ0v) is 24.8. The van der Waals surface area contributed by atoms with Gasteiger partial charge in [0.2, 0.25) is 0 Å². The lowest BCUT2D eigenvalue weighted by Gasteiger charge is -2.14. The van der Waals surface area contributed by atoms with Crippen LogP contribution in [0.2, 0.25) is 0 Å². The first-order chi connectivity index (χ1) is 22.8. The standard InChI is InChI=1S/C43H25N3/c1-2-7-36-26(4-1)18-23-37(44-36)27-8-10-28(11-9-27)38-24-19-32-14-15-33-20-25-39(46-43(33)42(32)45-38)34-21-16-31-13-12-29-5-3-6-30-17-22-35(34)41(31)40(29)30/h1-25H. The van der Waals surface area contributed by atoms with Crippen LogP contribution in [0.3, 0.4) is 0 Å². The van der Waals surface area contributed by atoms with E-state index in [1.54, 1.807) is 0 Å². The van der Waals surface area contributed by atoms with Crippen LogP contribution in [0.25, 0.3) is 98.8 Å². The van der Waals surface area contributed by atoms with Gasteiger partial charge in [0, 0.05) is 32.8 Å². The minimum Gasteiger partial charge on any atom is -0.248 e. The van der Waals surface area contributed by atoms with Gasteiger partial charge in [-0.15, -0.1) is 0 Å². The molecule has 0 aliphatic rings. The van der Waals surface area contributed by atoms with Crippen molar-refractivity contribution in [3.63, 3.8) is 0 Å². The van der Waals surface area contributed by atoms with E-state index in [1.165, 1.54) is 32.3 Å². The van der Waals surface area contributed by atoms with Crippen molar-refractivity contribution < 1.29 is 0 Å². The van der Waals surface area contributed by atoms with Crippen molar-refractivity contribution in [2.75, 3.05) is 0 Å². The highest BCUT2D eigenvalue weighted by molar-refractivity contribution is 6.25. The number of aromatic nitrogens is 3. The summed E-state index contributed by atoms with van der Waals surface area (Å²) < 4.78 is 0. The average Bonchev–Trinajstić information content (AvgIpc) is 3.13. The van der Waals surface area contributed by atoms with Crippen LogP contribution in [0.1, 0.15) is 0 Å². The van der Waals surface area contributed by atoms with Gasteiger partial charge in [0.1, 0.15) is 0 Å². The summed E-state index contributed by atoms with van der Waals surface area (Å²) in [5.41, 5.74) is 8.96. The third-order valence-corrected chi connectivity index (χ3v) is 9.40. The van der Waals surface area contributed by atoms with E-state index >= 15 is 0 Å². The van der Waals surface area contributed by atoms with Gasteiger partial charge < -0.3 is 0 Å². The maximum atomic E-state index is 5.30. The number of hydrogen-bond donors (Lipinski definition) is 0. The van der Waals surface area contributed by atoms with Crippen LogP contribution in [0.5, 0.6) is 0 Å². The molecule has 212 valence electrons. The maximum absolute atomic E-state index is 5.30. The molecular formula is C43H25N3. The molecule has 3 heteroatoms. The first-order valence-electron chi connectivity index (χ1n) is 15.6. The van der Waals surface area contributed by atoms with Crippen LogP contribution in [-0.2, 0) is 0 Å². The van der Waals surface area contributed by atoms with Crippen molar-refractivity contribution >= 4 is 65.0 Å². The van der Waals surface area contributed by atoms with E-state index in [4.69, 9.17) is 15.0 Å². The smallest absolute Gasteiger partial charge is 0.0972 e. The summed E-state index contributed by atoms with van der Waals surface area (Å²) >= 11 is 0. The number of rotatable bonds is 3. The molecule has 0 saturated heterocycles. The maximum Gasteiger partial charge on any atom is 0.0972 e. The molecule has 0 aliphatic heterocycles. The molecule has 0 bridgehead atoms. The van der Waals surface area contributed by atoms with E-state index in [0.29, 0.717) is 0 Å². The van der Waals surface area contributed by atoms with Crippen molar-refractivity contribution in [2.45, 2.75) is 0 Å². The van der Waals surface area contributed by atoms with Crippen LogP contribution in [0.4, 0.5) is 0 Å². The Morgan fingerprint density at radius 3 is 1.54 bits per heavy atom. The summed E-state index contributed by atoms with van der Waals surface area (Å²) in [5.74, 6) is 0.